The van der Waals surface area contributed by atoms with E-state index in [-0.39, 0.29) is 6.10 Å². The van der Waals surface area contributed by atoms with Gasteiger partial charge < -0.3 is 4.74 Å². The fourth-order valence-electron chi connectivity index (χ4n) is 3.86. The van der Waals surface area contributed by atoms with Crippen LogP contribution in [0, 0.1) is 0 Å². The predicted octanol–water partition coefficient (Wildman–Crippen LogP) is 7.63. The van der Waals surface area contributed by atoms with Crippen molar-refractivity contribution in [3.63, 3.8) is 0 Å². The molecule has 1 unspecified atom stereocenters. The molecule has 0 amide bonds. The van der Waals surface area contributed by atoms with Gasteiger partial charge in [-0.25, -0.2) is 0 Å². The lowest BCUT2D eigenvalue weighted by Crippen LogP contribution is -1.97. The largest absolute Gasteiger partial charge is 0.484 e. The predicted molar refractivity (Wildman–Crippen MR) is 120 cm³/mol. The second kappa shape index (κ2) is 7.29. The summed E-state index contributed by atoms with van der Waals surface area (Å²) >= 11 is 3.53. The van der Waals surface area contributed by atoms with Crippen molar-refractivity contribution in [2.75, 3.05) is 0 Å². The molecule has 1 atom stereocenters. The Kier molecular flexibility index (Phi) is 4.50. The van der Waals surface area contributed by atoms with Crippen LogP contribution in [0.5, 0.6) is 0 Å². The highest BCUT2D eigenvalue weighted by Gasteiger charge is 2.29. The van der Waals surface area contributed by atoms with E-state index in [0.717, 1.165) is 22.2 Å². The summed E-state index contributed by atoms with van der Waals surface area (Å²) in [6, 6.07) is 34.0. The Hall–Kier alpha value is -2.84. The Bertz CT molecular complexity index is 1160. The highest BCUT2D eigenvalue weighted by Crippen LogP contribution is 2.45. The first kappa shape index (κ1) is 17.3. The molecule has 28 heavy (non-hydrogen) atoms. The highest BCUT2D eigenvalue weighted by molar-refractivity contribution is 9.10. The van der Waals surface area contributed by atoms with Crippen LogP contribution >= 0.6 is 15.9 Å². The lowest BCUT2D eigenvalue weighted by Gasteiger charge is -2.14. The molecule has 0 aromatic heterocycles. The minimum absolute atomic E-state index is 0.0264. The molecule has 0 aliphatic carbocycles. The first-order valence-electron chi connectivity index (χ1n) is 9.48. The van der Waals surface area contributed by atoms with Gasteiger partial charge in [0.1, 0.15) is 11.9 Å². The van der Waals surface area contributed by atoms with Crippen LogP contribution in [0.3, 0.4) is 0 Å². The summed E-state index contributed by atoms with van der Waals surface area (Å²) in [5.41, 5.74) is 4.83. The van der Waals surface area contributed by atoms with Gasteiger partial charge in [-0.15, -0.1) is 0 Å². The summed E-state index contributed by atoms with van der Waals surface area (Å²) in [4.78, 5) is 0. The Morgan fingerprint density at radius 2 is 1.39 bits per heavy atom. The average molecular weight is 427 g/mol. The van der Waals surface area contributed by atoms with Gasteiger partial charge in [0.25, 0.3) is 0 Å². The number of ether oxygens (including phenoxy) is 1. The third kappa shape index (κ3) is 3.25. The third-order valence-corrected chi connectivity index (χ3v) is 5.83. The Balaban J connectivity index is 1.56. The van der Waals surface area contributed by atoms with E-state index in [1.165, 1.54) is 27.5 Å². The molecule has 4 aromatic carbocycles. The molecule has 0 spiro atoms. The molecular weight excluding hydrogens is 408 g/mol. The van der Waals surface area contributed by atoms with Crippen LogP contribution in [-0.4, -0.2) is 0 Å². The number of fused-ring (bicyclic) bond motifs is 1. The van der Waals surface area contributed by atoms with Crippen molar-refractivity contribution in [2.45, 2.75) is 12.5 Å². The number of halogens is 1. The zero-order valence-corrected chi connectivity index (χ0v) is 16.9. The zero-order valence-electron chi connectivity index (χ0n) is 15.3. The van der Waals surface area contributed by atoms with E-state index in [1.54, 1.807) is 0 Å². The van der Waals surface area contributed by atoms with Gasteiger partial charge in [0, 0.05) is 22.0 Å². The van der Waals surface area contributed by atoms with E-state index in [9.17, 15) is 0 Å². The molecule has 0 fully saturated rings. The molecule has 0 bridgehead atoms. The van der Waals surface area contributed by atoms with Gasteiger partial charge in [-0.1, -0.05) is 94.8 Å². The van der Waals surface area contributed by atoms with Crippen LogP contribution in [0.4, 0.5) is 0 Å². The summed E-state index contributed by atoms with van der Waals surface area (Å²) in [7, 11) is 0. The maximum atomic E-state index is 6.55. The van der Waals surface area contributed by atoms with Crippen LogP contribution in [0.15, 0.2) is 102 Å². The summed E-state index contributed by atoms with van der Waals surface area (Å²) in [6.07, 6.45) is 0.895. The first-order valence-corrected chi connectivity index (χ1v) is 10.3. The van der Waals surface area contributed by atoms with Gasteiger partial charge in [0.05, 0.1) is 0 Å². The molecule has 0 N–H and O–H groups in total. The Labute approximate surface area is 173 Å². The van der Waals surface area contributed by atoms with E-state index in [4.69, 9.17) is 4.74 Å². The topological polar surface area (TPSA) is 9.23 Å². The van der Waals surface area contributed by atoms with Crippen LogP contribution in [0.25, 0.3) is 22.1 Å². The molecule has 136 valence electrons. The standard InChI is InChI=1S/C26H19BrO/c27-23-14-12-20(13-15-23)26-24(19-7-2-1-3-8-19)17-25(28-26)22-11-10-18-6-4-5-9-21(18)16-22/h1-16,25H,17H2. The van der Waals surface area contributed by atoms with Crippen molar-refractivity contribution in [3.8, 4) is 0 Å². The molecule has 4 aromatic rings. The molecule has 1 nitrogen and oxygen atoms in total. The molecule has 1 heterocycles. The zero-order chi connectivity index (χ0) is 18.9. The normalized spacial score (nSPS) is 16.4. The van der Waals surface area contributed by atoms with E-state index in [0.29, 0.717) is 0 Å². The van der Waals surface area contributed by atoms with Crippen LogP contribution in [-0.2, 0) is 4.74 Å². The van der Waals surface area contributed by atoms with Crippen molar-refractivity contribution in [1.82, 2.24) is 0 Å². The maximum Gasteiger partial charge on any atom is 0.131 e. The molecular formula is C26H19BrO. The minimum atomic E-state index is 0.0264. The van der Waals surface area contributed by atoms with Gasteiger partial charge in [0.15, 0.2) is 0 Å². The van der Waals surface area contributed by atoms with E-state index in [2.05, 4.69) is 113 Å². The second-order valence-electron chi connectivity index (χ2n) is 7.10. The quantitative estimate of drug-likeness (QED) is 0.327. The number of benzene rings is 4. The number of hydrogen-bond acceptors (Lipinski definition) is 1. The highest BCUT2D eigenvalue weighted by atomic mass is 79.9. The lowest BCUT2D eigenvalue weighted by atomic mass is 9.95. The fraction of sp³-hybridized carbons (Fsp3) is 0.0769. The van der Waals surface area contributed by atoms with Crippen LogP contribution < -0.4 is 0 Å². The Morgan fingerprint density at radius 3 is 2.18 bits per heavy atom. The molecule has 2 heteroatoms. The summed E-state index contributed by atoms with van der Waals surface area (Å²) in [6.45, 7) is 0. The summed E-state index contributed by atoms with van der Waals surface area (Å²) < 4.78 is 7.63. The van der Waals surface area contributed by atoms with Crippen LogP contribution in [0.2, 0.25) is 0 Å². The van der Waals surface area contributed by atoms with Crippen LogP contribution in [0.1, 0.15) is 29.2 Å². The smallest absolute Gasteiger partial charge is 0.131 e. The fourth-order valence-corrected chi connectivity index (χ4v) is 4.12. The maximum absolute atomic E-state index is 6.55. The Morgan fingerprint density at radius 1 is 0.679 bits per heavy atom. The van der Waals surface area contributed by atoms with Crippen molar-refractivity contribution < 1.29 is 4.74 Å². The average Bonchev–Trinajstić information content (AvgIpc) is 3.20. The number of rotatable bonds is 3. The van der Waals surface area contributed by atoms with Gasteiger partial charge in [-0.3, -0.25) is 0 Å². The van der Waals surface area contributed by atoms with Crippen molar-refractivity contribution in [1.29, 1.82) is 0 Å². The molecule has 1 aliphatic rings. The van der Waals surface area contributed by atoms with E-state index in [1.807, 2.05) is 0 Å². The van der Waals surface area contributed by atoms with E-state index < -0.39 is 0 Å². The van der Waals surface area contributed by atoms with Gasteiger partial charge in [-0.2, -0.15) is 0 Å². The third-order valence-electron chi connectivity index (χ3n) is 5.30. The first-order chi connectivity index (χ1) is 13.8. The second-order valence-corrected chi connectivity index (χ2v) is 8.01. The number of hydrogen-bond donors (Lipinski definition) is 0. The van der Waals surface area contributed by atoms with Gasteiger partial charge >= 0.3 is 0 Å². The minimum Gasteiger partial charge on any atom is -0.484 e. The molecule has 0 saturated carbocycles. The monoisotopic (exact) mass is 426 g/mol. The van der Waals surface area contributed by atoms with Gasteiger partial charge in [0.2, 0.25) is 0 Å². The van der Waals surface area contributed by atoms with E-state index >= 15 is 0 Å². The van der Waals surface area contributed by atoms with Crippen molar-refractivity contribution >= 4 is 38.0 Å². The molecule has 0 radical (unpaired) electrons. The van der Waals surface area contributed by atoms with Gasteiger partial charge in [-0.05, 0) is 40.1 Å². The summed E-state index contributed by atoms with van der Waals surface area (Å²) in [5.74, 6) is 0.983. The van der Waals surface area contributed by atoms with Crippen molar-refractivity contribution in [2.24, 2.45) is 0 Å². The summed E-state index contributed by atoms with van der Waals surface area (Å²) in [5, 5.41) is 2.51. The molecule has 0 saturated heterocycles. The SMILES string of the molecule is Brc1ccc(C2=C(c3ccccc3)CC(c3ccc4ccccc4c3)O2)cc1. The molecule has 1 aliphatic heterocycles. The molecule has 5 rings (SSSR count). The lowest BCUT2D eigenvalue weighted by molar-refractivity contribution is 0.195. The van der Waals surface area contributed by atoms with Crippen molar-refractivity contribution in [3.05, 3.63) is 118 Å².